The van der Waals surface area contributed by atoms with E-state index >= 15 is 0 Å². The summed E-state index contributed by atoms with van der Waals surface area (Å²) in [4.78, 5) is 31.2. The SMILES string of the molecule is CCOC(=O)C1=C(C)Nc2ncnn2[C@H]1c1ccc(OCC(=O)N2CCOCC2)c(OC)c1. The van der Waals surface area contributed by atoms with Gasteiger partial charge in [-0.2, -0.15) is 10.1 Å². The molecule has 1 atom stereocenters. The molecule has 2 aliphatic rings. The lowest BCUT2D eigenvalue weighted by molar-refractivity contribution is -0.139. The van der Waals surface area contributed by atoms with E-state index in [1.54, 1.807) is 35.6 Å². The molecule has 0 unspecified atom stereocenters. The van der Waals surface area contributed by atoms with Crippen molar-refractivity contribution in [1.29, 1.82) is 0 Å². The molecule has 1 amide bonds. The maximum absolute atomic E-state index is 12.8. The number of anilines is 1. The fourth-order valence-corrected chi connectivity index (χ4v) is 3.89. The van der Waals surface area contributed by atoms with Crippen molar-refractivity contribution in [2.75, 3.05) is 51.9 Å². The van der Waals surface area contributed by atoms with Crippen LogP contribution in [0.25, 0.3) is 0 Å². The normalized spacial score (nSPS) is 17.8. The first-order valence-corrected chi connectivity index (χ1v) is 10.7. The molecule has 4 rings (SSSR count). The minimum atomic E-state index is -0.569. The van der Waals surface area contributed by atoms with E-state index in [2.05, 4.69) is 15.4 Å². The van der Waals surface area contributed by atoms with Crippen LogP contribution in [0, 0.1) is 0 Å². The summed E-state index contributed by atoms with van der Waals surface area (Å²) in [6, 6.07) is 4.73. The predicted molar refractivity (Wildman–Crippen MR) is 117 cm³/mol. The zero-order valence-corrected chi connectivity index (χ0v) is 18.9. The van der Waals surface area contributed by atoms with E-state index in [0.717, 1.165) is 5.56 Å². The number of nitrogens with one attached hydrogen (secondary N) is 1. The number of fused-ring (bicyclic) bond motifs is 1. The summed E-state index contributed by atoms with van der Waals surface area (Å²) in [7, 11) is 1.52. The molecule has 1 N–H and O–H groups in total. The summed E-state index contributed by atoms with van der Waals surface area (Å²) in [5.74, 6) is 0.820. The van der Waals surface area contributed by atoms with E-state index in [9.17, 15) is 9.59 Å². The van der Waals surface area contributed by atoms with Gasteiger partial charge >= 0.3 is 5.97 Å². The van der Waals surface area contributed by atoms with Crippen LogP contribution < -0.4 is 14.8 Å². The van der Waals surface area contributed by atoms with E-state index in [1.807, 2.05) is 6.07 Å². The van der Waals surface area contributed by atoms with E-state index < -0.39 is 12.0 Å². The zero-order valence-electron chi connectivity index (χ0n) is 18.9. The van der Waals surface area contributed by atoms with Gasteiger partial charge in [0.25, 0.3) is 5.91 Å². The number of hydrogen-bond donors (Lipinski definition) is 1. The Bertz CT molecular complexity index is 1060. The van der Waals surface area contributed by atoms with Gasteiger partial charge in [0.1, 0.15) is 12.4 Å². The van der Waals surface area contributed by atoms with Gasteiger partial charge in [-0.3, -0.25) is 4.79 Å². The summed E-state index contributed by atoms with van der Waals surface area (Å²) in [5, 5.41) is 7.39. The molecule has 1 saturated heterocycles. The van der Waals surface area contributed by atoms with Crippen molar-refractivity contribution in [3.8, 4) is 11.5 Å². The second-order valence-electron chi connectivity index (χ2n) is 7.51. The highest BCUT2D eigenvalue weighted by Gasteiger charge is 2.34. The highest BCUT2D eigenvalue weighted by Crippen LogP contribution is 2.38. The smallest absolute Gasteiger partial charge is 0.338 e. The van der Waals surface area contributed by atoms with Gasteiger partial charge in [-0.15, -0.1) is 0 Å². The summed E-state index contributed by atoms with van der Waals surface area (Å²) in [6.45, 7) is 5.85. The number of allylic oxidation sites excluding steroid dienone is 1. The zero-order chi connectivity index (χ0) is 23.4. The summed E-state index contributed by atoms with van der Waals surface area (Å²) < 4.78 is 23.5. The number of benzene rings is 1. The van der Waals surface area contributed by atoms with E-state index in [1.165, 1.54) is 13.4 Å². The third kappa shape index (κ3) is 4.63. The number of methoxy groups -OCH3 is 1. The quantitative estimate of drug-likeness (QED) is 0.615. The number of ether oxygens (including phenoxy) is 4. The Kier molecular flexibility index (Phi) is 6.78. The molecular formula is C22H27N5O6. The molecule has 11 heteroatoms. The molecule has 1 aromatic carbocycles. The number of morpholine rings is 1. The van der Waals surface area contributed by atoms with Gasteiger partial charge in [0.15, 0.2) is 18.1 Å². The Morgan fingerprint density at radius 1 is 1.24 bits per heavy atom. The molecule has 11 nitrogen and oxygen atoms in total. The molecule has 0 saturated carbocycles. The number of rotatable bonds is 7. The van der Waals surface area contributed by atoms with Crippen molar-refractivity contribution in [2.45, 2.75) is 19.9 Å². The fourth-order valence-electron chi connectivity index (χ4n) is 3.89. The van der Waals surface area contributed by atoms with Crippen LogP contribution in [0.15, 0.2) is 35.8 Å². The van der Waals surface area contributed by atoms with E-state index in [0.29, 0.717) is 55.0 Å². The second-order valence-corrected chi connectivity index (χ2v) is 7.51. The summed E-state index contributed by atoms with van der Waals surface area (Å²) in [6.07, 6.45) is 1.42. The number of nitrogens with zero attached hydrogens (tertiary/aromatic N) is 4. The van der Waals surface area contributed by atoms with Crippen LogP contribution in [0.2, 0.25) is 0 Å². The van der Waals surface area contributed by atoms with Crippen LogP contribution in [0.3, 0.4) is 0 Å². The molecular weight excluding hydrogens is 430 g/mol. The highest BCUT2D eigenvalue weighted by molar-refractivity contribution is 5.92. The van der Waals surface area contributed by atoms with Crippen molar-refractivity contribution < 1.29 is 28.5 Å². The Hall–Kier alpha value is -3.60. The number of hydrogen-bond acceptors (Lipinski definition) is 9. The number of esters is 1. The summed E-state index contributed by atoms with van der Waals surface area (Å²) in [5.41, 5.74) is 1.79. The fraction of sp³-hybridized carbons (Fsp3) is 0.455. The first kappa shape index (κ1) is 22.6. The van der Waals surface area contributed by atoms with Crippen molar-refractivity contribution in [2.24, 2.45) is 0 Å². The number of amides is 1. The van der Waals surface area contributed by atoms with Crippen LogP contribution >= 0.6 is 0 Å². The van der Waals surface area contributed by atoms with Crippen molar-refractivity contribution in [3.05, 3.63) is 41.4 Å². The predicted octanol–water partition coefficient (Wildman–Crippen LogP) is 1.38. The molecule has 33 heavy (non-hydrogen) atoms. The van der Waals surface area contributed by atoms with Crippen LogP contribution in [-0.4, -0.2) is 78.2 Å². The first-order chi connectivity index (χ1) is 16.0. The average molecular weight is 457 g/mol. The second kappa shape index (κ2) is 9.90. The molecule has 0 bridgehead atoms. The van der Waals surface area contributed by atoms with Crippen LogP contribution in [-0.2, 0) is 19.1 Å². The average Bonchev–Trinajstić information content (AvgIpc) is 3.30. The Balaban J connectivity index is 1.60. The van der Waals surface area contributed by atoms with Crippen molar-refractivity contribution in [1.82, 2.24) is 19.7 Å². The van der Waals surface area contributed by atoms with E-state index in [-0.39, 0.29) is 19.1 Å². The lowest BCUT2D eigenvalue weighted by Crippen LogP contribution is -2.43. The standard InChI is InChI=1S/C22H27N5O6/c1-4-32-21(29)19-14(2)25-22-23-13-24-27(22)20(19)15-5-6-16(17(11-15)30-3)33-12-18(28)26-7-9-31-10-8-26/h5-6,11,13,20H,4,7-10,12H2,1-3H3,(H,23,24,25)/t20-/m0/s1. The Morgan fingerprint density at radius 2 is 2.03 bits per heavy atom. The molecule has 0 spiro atoms. The largest absolute Gasteiger partial charge is 0.493 e. The Labute approximate surface area is 191 Å². The third-order valence-corrected chi connectivity index (χ3v) is 5.51. The monoisotopic (exact) mass is 457 g/mol. The van der Waals surface area contributed by atoms with Crippen LogP contribution in [0.4, 0.5) is 5.95 Å². The minimum Gasteiger partial charge on any atom is -0.493 e. The van der Waals surface area contributed by atoms with Gasteiger partial charge in [0.05, 0.1) is 32.5 Å². The maximum atomic E-state index is 12.8. The molecule has 2 aliphatic heterocycles. The van der Waals surface area contributed by atoms with Crippen molar-refractivity contribution in [3.63, 3.8) is 0 Å². The van der Waals surface area contributed by atoms with Crippen molar-refractivity contribution >= 4 is 17.8 Å². The number of carbonyl (C=O) groups is 2. The molecule has 0 radical (unpaired) electrons. The minimum absolute atomic E-state index is 0.108. The molecule has 176 valence electrons. The van der Waals surface area contributed by atoms with Crippen LogP contribution in [0.5, 0.6) is 11.5 Å². The van der Waals surface area contributed by atoms with Gasteiger partial charge in [-0.05, 0) is 31.5 Å². The number of carbonyl (C=O) groups excluding carboxylic acids is 2. The van der Waals surface area contributed by atoms with Gasteiger partial charge < -0.3 is 29.2 Å². The molecule has 0 aliphatic carbocycles. The summed E-state index contributed by atoms with van der Waals surface area (Å²) >= 11 is 0. The van der Waals surface area contributed by atoms with Gasteiger partial charge in [-0.1, -0.05) is 6.07 Å². The third-order valence-electron chi connectivity index (χ3n) is 5.51. The lowest BCUT2D eigenvalue weighted by atomic mass is 9.95. The Morgan fingerprint density at radius 3 is 2.76 bits per heavy atom. The first-order valence-electron chi connectivity index (χ1n) is 10.7. The maximum Gasteiger partial charge on any atom is 0.338 e. The topological polar surface area (TPSA) is 117 Å². The van der Waals surface area contributed by atoms with E-state index in [4.69, 9.17) is 18.9 Å². The highest BCUT2D eigenvalue weighted by atomic mass is 16.5. The molecule has 2 aromatic rings. The van der Waals surface area contributed by atoms with Gasteiger partial charge in [0.2, 0.25) is 5.95 Å². The molecule has 1 fully saturated rings. The molecule has 3 heterocycles. The van der Waals surface area contributed by atoms with Crippen LogP contribution in [0.1, 0.15) is 25.5 Å². The number of aromatic nitrogens is 3. The van der Waals surface area contributed by atoms with Gasteiger partial charge in [-0.25, -0.2) is 9.48 Å². The van der Waals surface area contributed by atoms with Gasteiger partial charge in [0, 0.05) is 18.8 Å². The lowest BCUT2D eigenvalue weighted by Gasteiger charge is -2.28. The molecule has 1 aromatic heterocycles.